The summed E-state index contributed by atoms with van der Waals surface area (Å²) in [5.74, 6) is 0.685. The standard InChI is InChI=1S/C26H20F3N9O2/c1-14-3-5-23(35-34-14)32-20-8-19-21(9-22(20)40-17-11-39-12-17)37(13-31-19)24-6-4-18(26(27,28)29)25(33-24)38-15(2)7-16(10-30)36-38/h3-9,13,17H,11-12H2,1-2H3,(H,32,35). The molecule has 40 heavy (non-hydrogen) atoms. The van der Waals surface area contributed by atoms with Gasteiger partial charge in [-0.15, -0.1) is 5.10 Å². The van der Waals surface area contributed by atoms with Crippen molar-refractivity contribution >= 4 is 22.5 Å². The number of hydrogen-bond donors (Lipinski definition) is 1. The number of halogens is 3. The van der Waals surface area contributed by atoms with Crippen LogP contribution in [-0.4, -0.2) is 53.8 Å². The van der Waals surface area contributed by atoms with Gasteiger partial charge >= 0.3 is 6.18 Å². The third kappa shape index (κ3) is 4.67. The summed E-state index contributed by atoms with van der Waals surface area (Å²) < 4.78 is 55.8. The van der Waals surface area contributed by atoms with Gasteiger partial charge in [0.15, 0.2) is 17.3 Å². The first-order valence-corrected chi connectivity index (χ1v) is 12.1. The lowest BCUT2D eigenvalue weighted by Gasteiger charge is -2.27. The molecule has 0 radical (unpaired) electrons. The molecule has 1 aliphatic rings. The number of hydrogen-bond acceptors (Lipinski definition) is 9. The number of nitrogens with one attached hydrogen (secondary N) is 1. The van der Waals surface area contributed by atoms with Crippen LogP contribution < -0.4 is 10.1 Å². The first-order chi connectivity index (χ1) is 19.2. The van der Waals surface area contributed by atoms with Gasteiger partial charge in [-0.1, -0.05) is 0 Å². The maximum atomic E-state index is 13.9. The molecule has 6 rings (SSSR count). The molecule has 0 aliphatic carbocycles. The number of ether oxygens (including phenoxy) is 2. The van der Waals surface area contributed by atoms with Crippen molar-refractivity contribution in [2.45, 2.75) is 26.1 Å². The largest absolute Gasteiger partial charge is 0.483 e. The summed E-state index contributed by atoms with van der Waals surface area (Å²) in [5.41, 5.74) is 1.74. The summed E-state index contributed by atoms with van der Waals surface area (Å²) in [6, 6.07) is 12.5. The molecule has 4 aromatic heterocycles. The van der Waals surface area contributed by atoms with Gasteiger partial charge in [-0.25, -0.2) is 14.6 Å². The SMILES string of the molecule is Cc1ccc(Nc2cc3ncn(-c4ccc(C(F)(F)F)c(-n5nc(C#N)cc5C)n4)c3cc2OC2COC2)nn1. The highest BCUT2D eigenvalue weighted by Gasteiger charge is 2.36. The number of rotatable bonds is 6. The van der Waals surface area contributed by atoms with Crippen LogP contribution in [0.2, 0.25) is 0 Å². The van der Waals surface area contributed by atoms with E-state index in [2.05, 4.69) is 30.6 Å². The van der Waals surface area contributed by atoms with Crippen molar-refractivity contribution in [2.24, 2.45) is 0 Å². The molecule has 1 saturated heterocycles. The summed E-state index contributed by atoms with van der Waals surface area (Å²) in [4.78, 5) is 8.78. The minimum atomic E-state index is -4.70. The molecule has 1 fully saturated rings. The number of aryl methyl sites for hydroxylation is 2. The summed E-state index contributed by atoms with van der Waals surface area (Å²) in [7, 11) is 0. The Bertz CT molecular complexity index is 1770. The Labute approximate surface area is 224 Å². The average molecular weight is 548 g/mol. The van der Waals surface area contributed by atoms with E-state index in [1.807, 2.05) is 19.1 Å². The minimum absolute atomic E-state index is 0.0223. The summed E-state index contributed by atoms with van der Waals surface area (Å²) in [5, 5.41) is 24.6. The fourth-order valence-electron chi connectivity index (χ4n) is 4.18. The van der Waals surface area contributed by atoms with E-state index >= 15 is 0 Å². The Balaban J connectivity index is 1.47. The zero-order valence-electron chi connectivity index (χ0n) is 21.1. The first-order valence-electron chi connectivity index (χ1n) is 12.1. The van der Waals surface area contributed by atoms with Gasteiger partial charge in [0.2, 0.25) is 0 Å². The number of nitriles is 1. The zero-order chi connectivity index (χ0) is 28.0. The van der Waals surface area contributed by atoms with Crippen molar-refractivity contribution < 1.29 is 22.6 Å². The maximum absolute atomic E-state index is 13.9. The van der Waals surface area contributed by atoms with Gasteiger partial charge in [0.05, 0.1) is 35.6 Å². The van der Waals surface area contributed by atoms with E-state index in [9.17, 15) is 18.4 Å². The molecule has 0 spiro atoms. The molecule has 1 N–H and O–H groups in total. The monoisotopic (exact) mass is 547 g/mol. The molecule has 0 atom stereocenters. The lowest BCUT2D eigenvalue weighted by Crippen LogP contribution is -2.38. The van der Waals surface area contributed by atoms with Crippen LogP contribution >= 0.6 is 0 Å². The minimum Gasteiger partial charge on any atom is -0.483 e. The van der Waals surface area contributed by atoms with Crippen LogP contribution in [-0.2, 0) is 10.9 Å². The predicted molar refractivity (Wildman–Crippen MR) is 136 cm³/mol. The average Bonchev–Trinajstić information content (AvgIpc) is 3.49. The lowest BCUT2D eigenvalue weighted by atomic mass is 10.2. The Kier molecular flexibility index (Phi) is 6.07. The van der Waals surface area contributed by atoms with Crippen LogP contribution in [0.1, 0.15) is 22.6 Å². The molecule has 11 nitrogen and oxygen atoms in total. The fraction of sp³-hybridized carbons (Fsp3) is 0.231. The van der Waals surface area contributed by atoms with E-state index in [1.54, 1.807) is 29.7 Å². The fourth-order valence-corrected chi connectivity index (χ4v) is 4.18. The van der Waals surface area contributed by atoms with E-state index in [-0.39, 0.29) is 17.6 Å². The normalized spacial score (nSPS) is 13.7. The van der Waals surface area contributed by atoms with Gasteiger partial charge in [0.1, 0.15) is 35.6 Å². The van der Waals surface area contributed by atoms with E-state index < -0.39 is 17.6 Å². The highest BCUT2D eigenvalue weighted by molar-refractivity contribution is 5.86. The molecular weight excluding hydrogens is 527 g/mol. The highest BCUT2D eigenvalue weighted by Crippen LogP contribution is 2.36. The molecule has 1 aromatic carbocycles. The Morgan fingerprint density at radius 1 is 1.10 bits per heavy atom. The number of aromatic nitrogens is 7. The van der Waals surface area contributed by atoms with E-state index in [0.29, 0.717) is 47.2 Å². The van der Waals surface area contributed by atoms with E-state index in [4.69, 9.17) is 9.47 Å². The second kappa shape index (κ2) is 9.62. The second-order valence-electron chi connectivity index (χ2n) is 9.15. The van der Waals surface area contributed by atoms with E-state index in [1.165, 1.54) is 18.5 Å². The Hall–Kier alpha value is -5.03. The van der Waals surface area contributed by atoms with Gasteiger partial charge in [-0.3, -0.25) is 4.57 Å². The number of nitrogens with zero attached hydrogens (tertiary/aromatic N) is 8. The molecule has 0 amide bonds. The van der Waals surface area contributed by atoms with Gasteiger partial charge < -0.3 is 14.8 Å². The number of pyridine rings is 1. The molecule has 0 bridgehead atoms. The van der Waals surface area contributed by atoms with Crippen molar-refractivity contribution in [3.8, 4) is 23.5 Å². The Morgan fingerprint density at radius 2 is 1.93 bits per heavy atom. The molecule has 0 unspecified atom stereocenters. The number of anilines is 2. The van der Waals surface area contributed by atoms with Crippen LogP contribution in [0.3, 0.4) is 0 Å². The van der Waals surface area contributed by atoms with Gasteiger partial charge in [-0.05, 0) is 50.2 Å². The van der Waals surface area contributed by atoms with Crippen LogP contribution in [0.5, 0.6) is 5.75 Å². The van der Waals surface area contributed by atoms with Crippen molar-refractivity contribution in [1.82, 2.24) is 34.5 Å². The summed E-state index contributed by atoms with van der Waals surface area (Å²) in [6.07, 6.45) is -3.40. The molecule has 14 heteroatoms. The summed E-state index contributed by atoms with van der Waals surface area (Å²) >= 11 is 0. The summed E-state index contributed by atoms with van der Waals surface area (Å²) in [6.45, 7) is 4.24. The van der Waals surface area contributed by atoms with Gasteiger partial charge in [0.25, 0.3) is 0 Å². The topological polar surface area (TPSA) is 129 Å². The van der Waals surface area contributed by atoms with Crippen LogP contribution in [0.4, 0.5) is 24.7 Å². The second-order valence-corrected chi connectivity index (χ2v) is 9.15. The molecule has 202 valence electrons. The molecular formula is C26H20F3N9O2. The van der Waals surface area contributed by atoms with Gasteiger partial charge in [-0.2, -0.15) is 28.6 Å². The van der Waals surface area contributed by atoms with Crippen molar-refractivity contribution in [2.75, 3.05) is 18.5 Å². The molecule has 0 saturated carbocycles. The number of alkyl halides is 3. The third-order valence-electron chi connectivity index (χ3n) is 6.23. The molecule has 5 heterocycles. The van der Waals surface area contributed by atoms with Crippen LogP contribution in [0, 0.1) is 25.2 Å². The van der Waals surface area contributed by atoms with Crippen LogP contribution in [0.25, 0.3) is 22.7 Å². The van der Waals surface area contributed by atoms with Gasteiger partial charge in [0, 0.05) is 11.8 Å². The van der Waals surface area contributed by atoms with Crippen molar-refractivity contribution in [1.29, 1.82) is 5.26 Å². The van der Waals surface area contributed by atoms with Crippen molar-refractivity contribution in [3.63, 3.8) is 0 Å². The van der Waals surface area contributed by atoms with Crippen molar-refractivity contribution in [3.05, 3.63) is 71.4 Å². The smallest absolute Gasteiger partial charge is 0.420 e. The number of fused-ring (bicyclic) bond motifs is 1. The van der Waals surface area contributed by atoms with Crippen LogP contribution in [0.15, 0.2) is 48.8 Å². The Morgan fingerprint density at radius 3 is 2.58 bits per heavy atom. The maximum Gasteiger partial charge on any atom is 0.420 e. The lowest BCUT2D eigenvalue weighted by molar-refractivity contribution is -0.137. The highest BCUT2D eigenvalue weighted by atomic mass is 19.4. The predicted octanol–water partition coefficient (Wildman–Crippen LogP) is 4.42. The molecule has 1 aliphatic heterocycles. The third-order valence-corrected chi connectivity index (χ3v) is 6.23. The van der Waals surface area contributed by atoms with E-state index in [0.717, 1.165) is 16.4 Å². The number of benzene rings is 1. The quantitative estimate of drug-likeness (QED) is 0.328. The number of imidazole rings is 1. The molecule has 5 aromatic rings. The zero-order valence-corrected chi connectivity index (χ0v) is 21.1. The first kappa shape index (κ1) is 25.3.